The van der Waals surface area contributed by atoms with Gasteiger partial charge in [-0.1, -0.05) is 24.3 Å². The van der Waals surface area contributed by atoms with E-state index in [0.29, 0.717) is 18.0 Å². The number of hydrogen-bond donors (Lipinski definition) is 2. The van der Waals surface area contributed by atoms with Gasteiger partial charge in [0.15, 0.2) is 0 Å². The highest BCUT2D eigenvalue weighted by atomic mass is 35.5. The summed E-state index contributed by atoms with van der Waals surface area (Å²) in [6.07, 6.45) is 1.60. The van der Waals surface area contributed by atoms with Crippen molar-refractivity contribution in [2.45, 2.75) is 0 Å². The lowest BCUT2D eigenvalue weighted by atomic mass is 10.1. The molecule has 7 nitrogen and oxygen atoms in total. The van der Waals surface area contributed by atoms with Crippen LogP contribution in [0.15, 0.2) is 49.1 Å². The van der Waals surface area contributed by atoms with Gasteiger partial charge in [-0.3, -0.25) is 10.1 Å². The van der Waals surface area contributed by atoms with Crippen LogP contribution in [0.3, 0.4) is 0 Å². The summed E-state index contributed by atoms with van der Waals surface area (Å²) >= 11 is 5.88. The summed E-state index contributed by atoms with van der Waals surface area (Å²) in [4.78, 5) is 21.9. The maximum absolute atomic E-state index is 11.4. The molecule has 2 aromatic rings. The predicted octanol–water partition coefficient (Wildman–Crippen LogP) is 4.25. The summed E-state index contributed by atoms with van der Waals surface area (Å²) in [6.45, 7) is 3.88. The lowest BCUT2D eigenvalue weighted by Gasteiger charge is -2.12. The first-order chi connectivity index (χ1) is 11.4. The monoisotopic (exact) mass is 348 g/mol. The van der Waals surface area contributed by atoms with Crippen molar-refractivity contribution in [3.63, 3.8) is 0 Å². The fourth-order valence-electron chi connectivity index (χ4n) is 1.99. The van der Waals surface area contributed by atoms with Crippen LogP contribution in [0.2, 0.25) is 5.02 Å². The Labute approximate surface area is 142 Å². The molecule has 0 spiro atoms. The number of anilines is 2. The van der Waals surface area contributed by atoms with Gasteiger partial charge >= 0.3 is 5.97 Å². The van der Waals surface area contributed by atoms with Crippen molar-refractivity contribution in [3.05, 3.63) is 69.8 Å². The number of hydrogen-bond acceptors (Lipinski definition) is 5. The van der Waals surface area contributed by atoms with Crippen LogP contribution in [0.1, 0.15) is 10.4 Å². The average molecular weight is 349 g/mol. The Balaban J connectivity index is 2.40. The van der Waals surface area contributed by atoms with Crippen molar-refractivity contribution in [1.82, 2.24) is 0 Å². The molecule has 0 saturated heterocycles. The second-order valence-corrected chi connectivity index (χ2v) is 5.04. The molecule has 0 aromatic heterocycles. The molecule has 2 aromatic carbocycles. The van der Waals surface area contributed by atoms with Crippen LogP contribution < -0.4 is 10.1 Å². The van der Waals surface area contributed by atoms with E-state index in [4.69, 9.17) is 16.3 Å². The molecular formula is C16H13ClN2O5. The highest BCUT2D eigenvalue weighted by Crippen LogP contribution is 2.36. The van der Waals surface area contributed by atoms with E-state index < -0.39 is 10.9 Å². The van der Waals surface area contributed by atoms with E-state index in [9.17, 15) is 20.0 Å². The molecule has 0 aliphatic carbocycles. The van der Waals surface area contributed by atoms with Crippen LogP contribution >= 0.6 is 11.6 Å². The summed E-state index contributed by atoms with van der Waals surface area (Å²) in [7, 11) is 0. The van der Waals surface area contributed by atoms with E-state index >= 15 is 0 Å². The molecule has 2 N–H and O–H groups in total. The number of ether oxygens (including phenoxy) is 1. The van der Waals surface area contributed by atoms with E-state index in [1.807, 2.05) is 0 Å². The van der Waals surface area contributed by atoms with Gasteiger partial charge in [0.25, 0.3) is 5.69 Å². The van der Waals surface area contributed by atoms with Crippen molar-refractivity contribution in [3.8, 4) is 5.75 Å². The van der Waals surface area contributed by atoms with Gasteiger partial charge in [0.1, 0.15) is 23.6 Å². The standard InChI is InChI=1S/C16H13ClN2O5/c1-2-9-24-11-5-3-10(4-6-11)18-15-13(19(22)23)8-7-12(17)14(15)16(20)21/h2-8,18H,1,9H2,(H,20,21). The highest BCUT2D eigenvalue weighted by Gasteiger charge is 2.24. The number of carboxylic acids is 1. The number of benzene rings is 2. The number of rotatable bonds is 7. The Morgan fingerprint density at radius 3 is 2.54 bits per heavy atom. The van der Waals surface area contributed by atoms with Crippen LogP contribution in [0.4, 0.5) is 17.1 Å². The molecule has 0 atom stereocenters. The first-order valence-corrected chi connectivity index (χ1v) is 7.12. The Hall–Kier alpha value is -3.06. The van der Waals surface area contributed by atoms with Crippen LogP contribution in [0.5, 0.6) is 5.75 Å². The zero-order valence-electron chi connectivity index (χ0n) is 12.4. The fourth-order valence-corrected chi connectivity index (χ4v) is 2.23. The first-order valence-electron chi connectivity index (χ1n) is 6.75. The van der Waals surface area contributed by atoms with Crippen molar-refractivity contribution >= 4 is 34.6 Å². The summed E-state index contributed by atoms with van der Waals surface area (Å²) in [5, 5.41) is 23.1. The molecule has 0 bridgehead atoms. The third-order valence-corrected chi connectivity index (χ3v) is 3.35. The fraction of sp³-hybridized carbons (Fsp3) is 0.0625. The molecule has 0 saturated carbocycles. The Morgan fingerprint density at radius 1 is 1.33 bits per heavy atom. The van der Waals surface area contributed by atoms with Crippen molar-refractivity contribution < 1.29 is 19.6 Å². The Kier molecular flexibility index (Phi) is 5.39. The third kappa shape index (κ3) is 3.82. The molecule has 0 radical (unpaired) electrons. The van der Waals surface area contributed by atoms with E-state index in [0.717, 1.165) is 6.07 Å². The minimum atomic E-state index is -1.36. The molecule has 0 unspecified atom stereocenters. The van der Waals surface area contributed by atoms with Crippen LogP contribution in [0, 0.1) is 10.1 Å². The van der Waals surface area contributed by atoms with Gasteiger partial charge in [0.05, 0.1) is 9.95 Å². The third-order valence-electron chi connectivity index (χ3n) is 3.03. The Morgan fingerprint density at radius 2 is 2.00 bits per heavy atom. The number of nitrogens with zero attached hydrogens (tertiary/aromatic N) is 1. The quantitative estimate of drug-likeness (QED) is 0.440. The average Bonchev–Trinajstić information content (AvgIpc) is 2.53. The lowest BCUT2D eigenvalue weighted by Crippen LogP contribution is -2.07. The van der Waals surface area contributed by atoms with Gasteiger partial charge in [0, 0.05) is 11.8 Å². The molecule has 0 aliphatic heterocycles. The van der Waals surface area contributed by atoms with Gasteiger partial charge in [-0.05, 0) is 30.3 Å². The molecule has 0 heterocycles. The van der Waals surface area contributed by atoms with Gasteiger partial charge in [-0.25, -0.2) is 4.79 Å². The summed E-state index contributed by atoms with van der Waals surface area (Å²) in [6, 6.07) is 8.83. The largest absolute Gasteiger partial charge is 0.490 e. The van der Waals surface area contributed by atoms with Crippen LogP contribution in [-0.4, -0.2) is 22.6 Å². The first kappa shape index (κ1) is 17.3. The van der Waals surface area contributed by atoms with Crippen molar-refractivity contribution in [2.75, 3.05) is 11.9 Å². The SMILES string of the molecule is C=CCOc1ccc(Nc2c([N+](=O)[O-])ccc(Cl)c2C(=O)O)cc1. The maximum Gasteiger partial charge on any atom is 0.339 e. The zero-order valence-corrected chi connectivity index (χ0v) is 13.1. The van der Waals surface area contributed by atoms with Crippen molar-refractivity contribution in [2.24, 2.45) is 0 Å². The second-order valence-electron chi connectivity index (χ2n) is 4.63. The number of nitro benzene ring substituents is 1. The van der Waals surface area contributed by atoms with Gasteiger partial charge in [0.2, 0.25) is 0 Å². The van der Waals surface area contributed by atoms with Crippen LogP contribution in [-0.2, 0) is 0 Å². The topological polar surface area (TPSA) is 102 Å². The second kappa shape index (κ2) is 7.47. The summed E-state index contributed by atoms with van der Waals surface area (Å²) in [5.74, 6) is -0.781. The number of nitrogens with one attached hydrogen (secondary N) is 1. The van der Waals surface area contributed by atoms with Gasteiger partial charge in [-0.2, -0.15) is 0 Å². The minimum Gasteiger partial charge on any atom is -0.490 e. The lowest BCUT2D eigenvalue weighted by molar-refractivity contribution is -0.383. The minimum absolute atomic E-state index is 0.0958. The number of nitro groups is 1. The van der Waals surface area contributed by atoms with E-state index in [1.165, 1.54) is 6.07 Å². The molecule has 0 fully saturated rings. The van der Waals surface area contributed by atoms with Gasteiger partial charge in [-0.15, -0.1) is 0 Å². The molecule has 124 valence electrons. The predicted molar refractivity (Wildman–Crippen MR) is 90.5 cm³/mol. The Bertz CT molecular complexity index is 790. The molecule has 0 amide bonds. The number of aromatic carboxylic acids is 1. The molecule has 8 heteroatoms. The van der Waals surface area contributed by atoms with E-state index in [2.05, 4.69) is 11.9 Å². The number of halogens is 1. The van der Waals surface area contributed by atoms with Crippen molar-refractivity contribution in [1.29, 1.82) is 0 Å². The van der Waals surface area contributed by atoms with Gasteiger partial charge < -0.3 is 15.2 Å². The number of carboxylic acid groups (broad SMARTS) is 1. The summed E-state index contributed by atoms with van der Waals surface area (Å²) < 4.78 is 5.33. The van der Waals surface area contributed by atoms with E-state index in [1.54, 1.807) is 30.3 Å². The highest BCUT2D eigenvalue weighted by molar-refractivity contribution is 6.34. The van der Waals surface area contributed by atoms with E-state index in [-0.39, 0.29) is 22.0 Å². The molecular weight excluding hydrogens is 336 g/mol. The summed E-state index contributed by atoms with van der Waals surface area (Å²) in [5.41, 5.74) is -0.477. The zero-order chi connectivity index (χ0) is 17.7. The number of carbonyl (C=O) groups is 1. The molecule has 0 aliphatic rings. The smallest absolute Gasteiger partial charge is 0.339 e. The normalized spacial score (nSPS) is 10.0. The molecule has 2 rings (SSSR count). The molecule has 24 heavy (non-hydrogen) atoms. The maximum atomic E-state index is 11.4. The van der Waals surface area contributed by atoms with Crippen LogP contribution in [0.25, 0.3) is 0 Å².